The number of hydrogen-bond acceptors (Lipinski definition) is 4. The van der Waals surface area contributed by atoms with Gasteiger partial charge in [-0.25, -0.2) is 4.98 Å². The Hall–Kier alpha value is -0.650. The SMILES string of the molecule is O=C(Cc1nc(CCl)cs1)N1CCC2(O)CCCCC2C1. The molecule has 1 aliphatic heterocycles. The summed E-state index contributed by atoms with van der Waals surface area (Å²) in [5, 5.41) is 13.4. The molecular weight excluding hydrogens is 308 g/mol. The highest BCUT2D eigenvalue weighted by Gasteiger charge is 2.43. The second-order valence-corrected chi connectivity index (χ2v) is 7.39. The van der Waals surface area contributed by atoms with Crippen molar-refractivity contribution in [3.8, 4) is 0 Å². The van der Waals surface area contributed by atoms with Crippen molar-refractivity contribution in [2.24, 2.45) is 5.92 Å². The minimum Gasteiger partial charge on any atom is -0.389 e. The number of hydrogen-bond donors (Lipinski definition) is 1. The van der Waals surface area contributed by atoms with Crippen molar-refractivity contribution >= 4 is 28.8 Å². The number of aromatic nitrogens is 1. The number of thiazole rings is 1. The number of carbonyl (C=O) groups excluding carboxylic acids is 1. The maximum Gasteiger partial charge on any atom is 0.229 e. The van der Waals surface area contributed by atoms with Crippen LogP contribution in [0.15, 0.2) is 5.38 Å². The van der Waals surface area contributed by atoms with E-state index in [1.807, 2.05) is 10.3 Å². The fourth-order valence-corrected chi connectivity index (χ4v) is 4.54. The Bertz CT molecular complexity index is 522. The summed E-state index contributed by atoms with van der Waals surface area (Å²) in [6.07, 6.45) is 5.28. The molecule has 1 saturated heterocycles. The van der Waals surface area contributed by atoms with Crippen LogP contribution in [0.2, 0.25) is 0 Å². The average Bonchev–Trinajstić information content (AvgIpc) is 2.93. The van der Waals surface area contributed by atoms with Gasteiger partial charge in [-0.15, -0.1) is 22.9 Å². The van der Waals surface area contributed by atoms with E-state index in [2.05, 4.69) is 4.98 Å². The summed E-state index contributed by atoms with van der Waals surface area (Å²) in [5.74, 6) is 0.764. The van der Waals surface area contributed by atoms with E-state index in [1.54, 1.807) is 0 Å². The number of amides is 1. The van der Waals surface area contributed by atoms with Crippen LogP contribution in [-0.4, -0.2) is 39.6 Å². The molecular formula is C15H21ClN2O2S. The number of alkyl halides is 1. The second kappa shape index (κ2) is 6.23. The van der Waals surface area contributed by atoms with Crippen molar-refractivity contribution in [2.45, 2.75) is 50.0 Å². The van der Waals surface area contributed by atoms with Gasteiger partial charge in [0.25, 0.3) is 0 Å². The molecule has 0 bridgehead atoms. The van der Waals surface area contributed by atoms with E-state index in [-0.39, 0.29) is 11.8 Å². The van der Waals surface area contributed by atoms with E-state index in [0.717, 1.165) is 30.0 Å². The van der Waals surface area contributed by atoms with Gasteiger partial charge in [0.15, 0.2) is 0 Å². The highest BCUT2D eigenvalue weighted by atomic mass is 35.5. The molecule has 6 heteroatoms. The Morgan fingerprint density at radius 2 is 2.38 bits per heavy atom. The molecule has 2 heterocycles. The summed E-state index contributed by atoms with van der Waals surface area (Å²) < 4.78 is 0. The van der Waals surface area contributed by atoms with Gasteiger partial charge in [0.2, 0.25) is 5.91 Å². The van der Waals surface area contributed by atoms with Gasteiger partial charge in [-0.2, -0.15) is 0 Å². The molecule has 1 saturated carbocycles. The first-order chi connectivity index (χ1) is 10.1. The second-order valence-electron chi connectivity index (χ2n) is 6.18. The molecule has 1 N–H and O–H groups in total. The summed E-state index contributed by atoms with van der Waals surface area (Å²) in [6.45, 7) is 1.36. The molecule has 1 aliphatic carbocycles. The average molecular weight is 329 g/mol. The first kappa shape index (κ1) is 15.3. The fraction of sp³-hybridized carbons (Fsp3) is 0.733. The van der Waals surface area contributed by atoms with Gasteiger partial charge < -0.3 is 10.0 Å². The number of likely N-dealkylation sites (tertiary alicyclic amines) is 1. The standard InChI is InChI=1S/C15H21ClN2O2S/c16-8-12-10-21-13(17-12)7-14(19)18-6-5-15(20)4-2-1-3-11(15)9-18/h10-11,20H,1-9H2. The normalized spacial score (nSPS) is 29.2. The van der Waals surface area contributed by atoms with Gasteiger partial charge in [-0.05, 0) is 19.3 Å². The van der Waals surface area contributed by atoms with Crippen LogP contribution in [0.1, 0.15) is 42.8 Å². The van der Waals surface area contributed by atoms with Crippen LogP contribution in [0.5, 0.6) is 0 Å². The summed E-state index contributed by atoms with van der Waals surface area (Å²) in [4.78, 5) is 18.7. The lowest BCUT2D eigenvalue weighted by atomic mass is 9.71. The molecule has 2 unspecified atom stereocenters. The van der Waals surface area contributed by atoms with Gasteiger partial charge in [0.1, 0.15) is 5.01 Å². The zero-order valence-electron chi connectivity index (χ0n) is 12.1. The molecule has 2 aliphatic rings. The first-order valence-corrected chi connectivity index (χ1v) is 9.01. The third-order valence-electron chi connectivity index (χ3n) is 4.82. The molecule has 3 rings (SSSR count). The Kier molecular flexibility index (Phi) is 4.52. The van der Waals surface area contributed by atoms with Crippen molar-refractivity contribution in [3.63, 3.8) is 0 Å². The third kappa shape index (κ3) is 3.25. The molecule has 1 aromatic heterocycles. The van der Waals surface area contributed by atoms with E-state index in [9.17, 15) is 9.90 Å². The third-order valence-corrected chi connectivity index (χ3v) is 5.99. The van der Waals surface area contributed by atoms with E-state index >= 15 is 0 Å². The zero-order valence-corrected chi connectivity index (χ0v) is 13.6. The highest BCUT2D eigenvalue weighted by molar-refractivity contribution is 7.09. The Balaban J connectivity index is 1.61. The molecule has 21 heavy (non-hydrogen) atoms. The lowest BCUT2D eigenvalue weighted by molar-refractivity contribution is -0.142. The van der Waals surface area contributed by atoms with Gasteiger partial charge >= 0.3 is 0 Å². The predicted octanol–water partition coefficient (Wildman–Crippen LogP) is 2.58. The minimum atomic E-state index is -0.526. The molecule has 0 spiro atoms. The molecule has 0 radical (unpaired) electrons. The monoisotopic (exact) mass is 328 g/mol. The van der Waals surface area contributed by atoms with Crippen LogP contribution in [0, 0.1) is 5.92 Å². The molecule has 2 atom stereocenters. The molecule has 116 valence electrons. The van der Waals surface area contributed by atoms with Crippen LogP contribution in [0.4, 0.5) is 0 Å². The fourth-order valence-electron chi connectivity index (χ4n) is 3.53. The lowest BCUT2D eigenvalue weighted by Gasteiger charge is -2.47. The van der Waals surface area contributed by atoms with Gasteiger partial charge in [-0.1, -0.05) is 12.8 Å². The maximum atomic E-state index is 12.4. The molecule has 1 amide bonds. The van der Waals surface area contributed by atoms with E-state index < -0.39 is 5.60 Å². The van der Waals surface area contributed by atoms with Crippen LogP contribution in [0.25, 0.3) is 0 Å². The number of fused-ring (bicyclic) bond motifs is 1. The van der Waals surface area contributed by atoms with E-state index in [0.29, 0.717) is 31.8 Å². The van der Waals surface area contributed by atoms with E-state index in [1.165, 1.54) is 17.8 Å². The number of carbonyl (C=O) groups is 1. The van der Waals surface area contributed by atoms with E-state index in [4.69, 9.17) is 11.6 Å². The van der Waals surface area contributed by atoms with Crippen molar-refractivity contribution in [3.05, 3.63) is 16.1 Å². The summed E-state index contributed by atoms with van der Waals surface area (Å²) in [5.41, 5.74) is 0.312. The molecule has 2 fully saturated rings. The van der Waals surface area contributed by atoms with Crippen LogP contribution in [0.3, 0.4) is 0 Å². The van der Waals surface area contributed by atoms with Crippen LogP contribution < -0.4 is 0 Å². The Morgan fingerprint density at radius 3 is 3.14 bits per heavy atom. The quantitative estimate of drug-likeness (QED) is 0.868. The largest absolute Gasteiger partial charge is 0.389 e. The van der Waals surface area contributed by atoms with Crippen molar-refractivity contribution in [1.29, 1.82) is 0 Å². The molecule has 1 aromatic rings. The lowest BCUT2D eigenvalue weighted by Crippen LogP contribution is -2.54. The number of rotatable bonds is 3. The summed E-state index contributed by atoms with van der Waals surface area (Å²) in [7, 11) is 0. The number of aliphatic hydroxyl groups is 1. The minimum absolute atomic E-state index is 0.123. The molecule has 4 nitrogen and oxygen atoms in total. The Labute approximate surface area is 134 Å². The van der Waals surface area contributed by atoms with Crippen molar-refractivity contribution < 1.29 is 9.90 Å². The number of halogens is 1. The topological polar surface area (TPSA) is 53.4 Å². The van der Waals surface area contributed by atoms with Crippen molar-refractivity contribution in [1.82, 2.24) is 9.88 Å². The molecule has 0 aromatic carbocycles. The number of piperidine rings is 1. The first-order valence-electron chi connectivity index (χ1n) is 7.60. The zero-order chi connectivity index (χ0) is 14.9. The Morgan fingerprint density at radius 1 is 1.52 bits per heavy atom. The van der Waals surface area contributed by atoms with Crippen LogP contribution >= 0.6 is 22.9 Å². The summed E-state index contributed by atoms with van der Waals surface area (Å²) >= 11 is 7.23. The van der Waals surface area contributed by atoms with Crippen molar-refractivity contribution in [2.75, 3.05) is 13.1 Å². The smallest absolute Gasteiger partial charge is 0.229 e. The van der Waals surface area contributed by atoms with Gasteiger partial charge in [-0.3, -0.25) is 4.79 Å². The maximum absolute atomic E-state index is 12.4. The number of nitrogens with zero attached hydrogens (tertiary/aromatic N) is 2. The predicted molar refractivity (Wildman–Crippen MR) is 83.5 cm³/mol. The van der Waals surface area contributed by atoms with Gasteiger partial charge in [0.05, 0.1) is 23.6 Å². The highest BCUT2D eigenvalue weighted by Crippen LogP contribution is 2.39. The summed E-state index contributed by atoms with van der Waals surface area (Å²) in [6, 6.07) is 0. The van der Waals surface area contributed by atoms with Gasteiger partial charge in [0, 0.05) is 24.4 Å². The van der Waals surface area contributed by atoms with Crippen LogP contribution in [-0.2, 0) is 17.1 Å².